The minimum Gasteiger partial charge on any atom is -0.369 e. The number of carbonyl (C=O) groups is 3. The molecule has 1 heterocycles. The van der Waals surface area contributed by atoms with Gasteiger partial charge in [0.2, 0.25) is 11.8 Å². The molecule has 9 heteroatoms. The molecule has 0 spiro atoms. The number of amides is 3. The SMILES string of the molecule is CCCC[C@H](C(N)=O)[C@@H](CC1CC1)C(=O)NC1CN(c2ccccc2)c2ccccc2N(Cc2cccc(-c3ccc(F)c(Cl)c3)c2)C1=O. The van der Waals surface area contributed by atoms with Crippen molar-refractivity contribution in [2.75, 3.05) is 16.3 Å². The highest BCUT2D eigenvalue weighted by atomic mass is 35.5. The van der Waals surface area contributed by atoms with Crippen LogP contribution in [0.15, 0.2) is 97.1 Å². The van der Waals surface area contributed by atoms with E-state index in [1.165, 1.54) is 6.07 Å². The van der Waals surface area contributed by atoms with Gasteiger partial charge in [-0.25, -0.2) is 4.39 Å². The summed E-state index contributed by atoms with van der Waals surface area (Å²) in [6.07, 6.45) is 4.85. The van der Waals surface area contributed by atoms with E-state index < -0.39 is 29.6 Å². The van der Waals surface area contributed by atoms with Crippen LogP contribution < -0.4 is 20.9 Å². The predicted molar refractivity (Wildman–Crippen MR) is 193 cm³/mol. The maximum absolute atomic E-state index is 14.7. The lowest BCUT2D eigenvalue weighted by Crippen LogP contribution is -2.54. The average molecular weight is 681 g/mol. The highest BCUT2D eigenvalue weighted by Crippen LogP contribution is 2.40. The minimum atomic E-state index is -0.916. The van der Waals surface area contributed by atoms with Crippen LogP contribution in [0.3, 0.4) is 0 Å². The zero-order valence-corrected chi connectivity index (χ0v) is 28.4. The first-order valence-corrected chi connectivity index (χ1v) is 17.5. The molecule has 4 aromatic rings. The van der Waals surface area contributed by atoms with Gasteiger partial charge in [0, 0.05) is 17.5 Å². The normalized spacial score (nSPS) is 17.2. The molecule has 7 nitrogen and oxygen atoms in total. The second kappa shape index (κ2) is 15.2. The molecule has 0 saturated heterocycles. The summed E-state index contributed by atoms with van der Waals surface area (Å²) >= 11 is 6.10. The largest absolute Gasteiger partial charge is 0.369 e. The summed E-state index contributed by atoms with van der Waals surface area (Å²) < 4.78 is 13.9. The maximum atomic E-state index is 14.7. The van der Waals surface area contributed by atoms with E-state index in [9.17, 15) is 18.8 Å². The molecule has 3 N–H and O–H groups in total. The molecule has 1 unspecified atom stereocenters. The molecule has 49 heavy (non-hydrogen) atoms. The second-order valence-electron chi connectivity index (χ2n) is 13.2. The van der Waals surface area contributed by atoms with Gasteiger partial charge in [0.1, 0.15) is 11.9 Å². The lowest BCUT2D eigenvalue weighted by Gasteiger charge is -2.29. The summed E-state index contributed by atoms with van der Waals surface area (Å²) in [5, 5.41) is 3.16. The fourth-order valence-electron chi connectivity index (χ4n) is 6.83. The lowest BCUT2D eigenvalue weighted by molar-refractivity contribution is -0.135. The molecule has 0 bridgehead atoms. The van der Waals surface area contributed by atoms with Crippen LogP contribution in [0.4, 0.5) is 21.5 Å². The number of nitrogens with one attached hydrogen (secondary N) is 1. The van der Waals surface area contributed by atoms with Gasteiger partial charge in [0.25, 0.3) is 5.91 Å². The molecule has 1 aliphatic carbocycles. The Morgan fingerprint density at radius 1 is 0.918 bits per heavy atom. The van der Waals surface area contributed by atoms with Crippen LogP contribution in [-0.2, 0) is 20.9 Å². The first-order valence-electron chi connectivity index (χ1n) is 17.1. The minimum absolute atomic E-state index is 0.0346. The average Bonchev–Trinajstić information content (AvgIpc) is 3.95. The highest BCUT2D eigenvalue weighted by molar-refractivity contribution is 6.31. The molecule has 3 atom stereocenters. The van der Waals surface area contributed by atoms with E-state index in [-0.39, 0.29) is 29.9 Å². The van der Waals surface area contributed by atoms with E-state index in [0.29, 0.717) is 24.4 Å². The zero-order valence-electron chi connectivity index (χ0n) is 27.7. The zero-order chi connectivity index (χ0) is 34.5. The number of para-hydroxylation sites is 3. The summed E-state index contributed by atoms with van der Waals surface area (Å²) in [4.78, 5) is 45.4. The van der Waals surface area contributed by atoms with Crippen LogP contribution in [0.2, 0.25) is 5.02 Å². The van der Waals surface area contributed by atoms with Crippen molar-refractivity contribution in [3.05, 3.63) is 113 Å². The smallest absolute Gasteiger partial charge is 0.251 e. The Labute approximate surface area is 292 Å². The Morgan fingerprint density at radius 2 is 1.63 bits per heavy atom. The molecule has 0 aromatic heterocycles. The van der Waals surface area contributed by atoms with Crippen LogP contribution in [0.1, 0.15) is 51.0 Å². The van der Waals surface area contributed by atoms with Gasteiger partial charge in [-0.05, 0) is 77.9 Å². The van der Waals surface area contributed by atoms with E-state index in [2.05, 4.69) is 10.2 Å². The lowest BCUT2D eigenvalue weighted by atomic mass is 9.82. The molecular formula is C40H42ClFN4O3. The number of rotatable bonds is 13. The topological polar surface area (TPSA) is 95.7 Å². The van der Waals surface area contributed by atoms with Gasteiger partial charge < -0.3 is 20.9 Å². The van der Waals surface area contributed by atoms with Crippen molar-refractivity contribution in [2.45, 2.75) is 58.0 Å². The van der Waals surface area contributed by atoms with Gasteiger partial charge in [-0.15, -0.1) is 0 Å². The van der Waals surface area contributed by atoms with Crippen molar-refractivity contribution in [3.63, 3.8) is 0 Å². The third-order valence-electron chi connectivity index (χ3n) is 9.64. The van der Waals surface area contributed by atoms with Crippen molar-refractivity contribution in [1.82, 2.24) is 5.32 Å². The number of hydrogen-bond acceptors (Lipinski definition) is 4. The summed E-state index contributed by atoms with van der Waals surface area (Å²) in [6, 6.07) is 28.9. The van der Waals surface area contributed by atoms with E-state index >= 15 is 0 Å². The van der Waals surface area contributed by atoms with Crippen molar-refractivity contribution < 1.29 is 18.8 Å². The Hall–Kier alpha value is -4.69. The molecule has 4 aromatic carbocycles. The number of unbranched alkanes of at least 4 members (excludes halogenated alkanes) is 1. The Morgan fingerprint density at radius 3 is 2.33 bits per heavy atom. The quantitative estimate of drug-likeness (QED) is 0.150. The Bertz CT molecular complexity index is 1810. The number of anilines is 3. The highest BCUT2D eigenvalue weighted by Gasteiger charge is 2.40. The number of hydrogen-bond donors (Lipinski definition) is 2. The fraction of sp³-hybridized carbons (Fsp3) is 0.325. The molecule has 0 radical (unpaired) electrons. The molecule has 254 valence electrons. The number of fused-ring (bicyclic) bond motifs is 1. The summed E-state index contributed by atoms with van der Waals surface area (Å²) in [5.41, 5.74) is 10.7. The summed E-state index contributed by atoms with van der Waals surface area (Å²) in [6.45, 7) is 2.47. The van der Waals surface area contributed by atoms with Crippen molar-refractivity contribution in [2.24, 2.45) is 23.5 Å². The molecule has 3 amide bonds. The first-order chi connectivity index (χ1) is 23.7. The van der Waals surface area contributed by atoms with Gasteiger partial charge in [-0.1, -0.05) is 98.8 Å². The predicted octanol–water partition coefficient (Wildman–Crippen LogP) is 8.02. The standard InChI is InChI=1S/C40H42ClFN4O3/c1-2-3-14-31(38(43)47)32(22-26-17-18-26)39(48)44-35-25-45(30-12-5-4-6-13-30)36-15-7-8-16-37(36)46(40(35)49)24-27-10-9-11-28(21-27)29-19-20-34(42)33(41)23-29/h4-13,15-16,19-21,23,26,31-32,35H,2-3,14,17-18,22,24-25H2,1H3,(H2,43,47)(H,44,48)/t31-,32+,35?/m0/s1. The van der Waals surface area contributed by atoms with Gasteiger partial charge >= 0.3 is 0 Å². The van der Waals surface area contributed by atoms with Crippen LogP contribution in [0.25, 0.3) is 11.1 Å². The van der Waals surface area contributed by atoms with E-state index in [0.717, 1.165) is 53.7 Å². The van der Waals surface area contributed by atoms with Gasteiger partial charge in [-0.3, -0.25) is 14.4 Å². The van der Waals surface area contributed by atoms with Crippen LogP contribution in [0.5, 0.6) is 0 Å². The summed E-state index contributed by atoms with van der Waals surface area (Å²) in [7, 11) is 0. The third-order valence-corrected chi connectivity index (χ3v) is 9.93. The number of halogens is 2. The Kier molecular flexibility index (Phi) is 10.6. The number of benzene rings is 4. The molecular weight excluding hydrogens is 639 g/mol. The van der Waals surface area contributed by atoms with Crippen molar-refractivity contribution in [1.29, 1.82) is 0 Å². The van der Waals surface area contributed by atoms with Crippen molar-refractivity contribution in [3.8, 4) is 11.1 Å². The maximum Gasteiger partial charge on any atom is 0.251 e. The number of nitrogens with two attached hydrogens (primary N) is 1. The fourth-order valence-corrected chi connectivity index (χ4v) is 7.01. The van der Waals surface area contributed by atoms with Crippen molar-refractivity contribution >= 4 is 46.4 Å². The van der Waals surface area contributed by atoms with E-state index in [4.69, 9.17) is 17.3 Å². The summed E-state index contributed by atoms with van der Waals surface area (Å²) in [5.74, 6) is -2.34. The van der Waals surface area contributed by atoms with Crippen LogP contribution in [-0.4, -0.2) is 30.3 Å². The number of nitrogens with zero attached hydrogens (tertiary/aromatic N) is 2. The second-order valence-corrected chi connectivity index (χ2v) is 13.6. The van der Waals surface area contributed by atoms with Crippen LogP contribution in [0, 0.1) is 23.6 Å². The molecule has 6 rings (SSSR count). The first kappa shape index (κ1) is 34.2. The van der Waals surface area contributed by atoms with E-state index in [1.54, 1.807) is 17.0 Å². The van der Waals surface area contributed by atoms with E-state index in [1.807, 2.05) is 85.8 Å². The van der Waals surface area contributed by atoms with Crippen LogP contribution >= 0.6 is 11.6 Å². The number of primary amides is 1. The molecule has 1 aliphatic heterocycles. The molecule has 1 saturated carbocycles. The van der Waals surface area contributed by atoms with Gasteiger partial charge in [-0.2, -0.15) is 0 Å². The third kappa shape index (κ3) is 7.97. The monoisotopic (exact) mass is 680 g/mol. The van der Waals surface area contributed by atoms with Gasteiger partial charge in [0.05, 0.1) is 29.5 Å². The molecule has 1 fully saturated rings. The number of carbonyl (C=O) groups excluding carboxylic acids is 3. The van der Waals surface area contributed by atoms with Gasteiger partial charge in [0.15, 0.2) is 0 Å². The Balaban J connectivity index is 1.37. The molecule has 2 aliphatic rings.